The van der Waals surface area contributed by atoms with E-state index in [-0.39, 0.29) is 5.91 Å². The van der Waals surface area contributed by atoms with Crippen LogP contribution in [0.3, 0.4) is 0 Å². The molecule has 0 unspecified atom stereocenters. The highest BCUT2D eigenvalue weighted by atomic mass is 79.9. The second kappa shape index (κ2) is 4.99. The van der Waals surface area contributed by atoms with Crippen LogP contribution in [0.1, 0.15) is 35.5 Å². The van der Waals surface area contributed by atoms with E-state index in [2.05, 4.69) is 21.1 Å². The third-order valence-electron chi connectivity index (χ3n) is 2.95. The van der Waals surface area contributed by atoms with Crippen molar-refractivity contribution in [3.63, 3.8) is 0 Å². The maximum absolute atomic E-state index is 12.2. The summed E-state index contributed by atoms with van der Waals surface area (Å²) in [5.41, 5.74) is 0.422. The minimum atomic E-state index is -0.0130. The minimum Gasteiger partial charge on any atom is -0.361 e. The maximum atomic E-state index is 12.2. The van der Waals surface area contributed by atoms with E-state index in [1.54, 1.807) is 13.0 Å². The van der Waals surface area contributed by atoms with E-state index >= 15 is 0 Å². The molecule has 88 valence electrons. The predicted octanol–water partition coefficient (Wildman–Crippen LogP) is 2.37. The molecular formula is C11H15BrN2O2. The van der Waals surface area contributed by atoms with Gasteiger partial charge >= 0.3 is 0 Å². The fourth-order valence-electron chi connectivity index (χ4n) is 1.85. The van der Waals surface area contributed by atoms with Crippen LogP contribution in [0.4, 0.5) is 0 Å². The molecule has 1 aromatic rings. The Kier molecular flexibility index (Phi) is 3.63. The zero-order valence-electron chi connectivity index (χ0n) is 9.28. The fraction of sp³-hybridized carbons (Fsp3) is 0.636. The molecule has 1 fully saturated rings. The molecule has 0 atom stereocenters. The molecule has 2 rings (SSSR count). The van der Waals surface area contributed by atoms with Gasteiger partial charge in [0, 0.05) is 24.0 Å². The first-order valence-electron chi connectivity index (χ1n) is 5.52. The smallest absolute Gasteiger partial charge is 0.276 e. The third-order valence-corrected chi connectivity index (χ3v) is 3.30. The first-order valence-corrected chi connectivity index (χ1v) is 6.65. The number of hydrogen-bond donors (Lipinski definition) is 0. The highest BCUT2D eigenvalue weighted by Gasteiger charge is 2.30. The van der Waals surface area contributed by atoms with Gasteiger partial charge < -0.3 is 9.42 Å². The molecule has 0 saturated heterocycles. The van der Waals surface area contributed by atoms with Gasteiger partial charge in [0.15, 0.2) is 5.69 Å². The molecule has 0 radical (unpaired) electrons. The normalized spacial score (nSPS) is 15.9. The van der Waals surface area contributed by atoms with Gasteiger partial charge in [-0.15, -0.1) is 0 Å². The Balaban J connectivity index is 2.09. The van der Waals surface area contributed by atoms with Crippen molar-refractivity contribution in [3.05, 3.63) is 17.5 Å². The molecule has 1 amide bonds. The average Bonchev–Trinajstić information content (AvgIpc) is 2.60. The third kappa shape index (κ3) is 2.29. The van der Waals surface area contributed by atoms with E-state index < -0.39 is 0 Å². The second-order valence-electron chi connectivity index (χ2n) is 4.10. The zero-order valence-corrected chi connectivity index (χ0v) is 10.9. The van der Waals surface area contributed by atoms with E-state index in [0.717, 1.165) is 24.7 Å². The molecule has 1 aromatic heterocycles. The Labute approximate surface area is 103 Å². The van der Waals surface area contributed by atoms with Gasteiger partial charge in [0.05, 0.1) is 0 Å². The number of carbonyl (C=O) groups is 1. The first kappa shape index (κ1) is 11.6. The van der Waals surface area contributed by atoms with Crippen molar-refractivity contribution in [2.75, 3.05) is 11.9 Å². The fourth-order valence-corrected chi connectivity index (χ4v) is 2.24. The van der Waals surface area contributed by atoms with Gasteiger partial charge in [-0.1, -0.05) is 21.1 Å². The largest absolute Gasteiger partial charge is 0.361 e. The summed E-state index contributed by atoms with van der Waals surface area (Å²) in [5, 5.41) is 4.58. The van der Waals surface area contributed by atoms with E-state index in [4.69, 9.17) is 4.52 Å². The van der Waals surface area contributed by atoms with Crippen LogP contribution in [-0.2, 0) is 0 Å². The molecule has 1 aliphatic rings. The van der Waals surface area contributed by atoms with Crippen molar-refractivity contribution in [2.45, 2.75) is 32.2 Å². The van der Waals surface area contributed by atoms with E-state index in [1.807, 2.05) is 4.90 Å². The molecule has 4 nitrogen and oxygen atoms in total. The van der Waals surface area contributed by atoms with Crippen LogP contribution in [0, 0.1) is 6.92 Å². The lowest BCUT2D eigenvalue weighted by Crippen LogP contribution is -2.45. The SMILES string of the molecule is Cc1cc(C(=O)N(CCBr)C2CCC2)no1. The summed E-state index contributed by atoms with van der Waals surface area (Å²) in [6, 6.07) is 2.09. The summed E-state index contributed by atoms with van der Waals surface area (Å²) in [7, 11) is 0. The van der Waals surface area contributed by atoms with Gasteiger partial charge in [-0.2, -0.15) is 0 Å². The van der Waals surface area contributed by atoms with Gasteiger partial charge in [0.1, 0.15) is 5.76 Å². The Hall–Kier alpha value is -0.840. The molecule has 0 aliphatic heterocycles. The van der Waals surface area contributed by atoms with Crippen LogP contribution in [0.2, 0.25) is 0 Å². The predicted molar refractivity (Wildman–Crippen MR) is 63.7 cm³/mol. The summed E-state index contributed by atoms with van der Waals surface area (Å²) < 4.78 is 4.94. The summed E-state index contributed by atoms with van der Waals surface area (Å²) in [4.78, 5) is 14.1. The van der Waals surface area contributed by atoms with Gasteiger partial charge in [-0.25, -0.2) is 0 Å². The molecular weight excluding hydrogens is 272 g/mol. The molecule has 0 bridgehead atoms. The zero-order chi connectivity index (χ0) is 11.5. The quantitative estimate of drug-likeness (QED) is 0.799. The Bertz CT molecular complexity index is 374. The van der Waals surface area contributed by atoms with Crippen molar-refractivity contribution in [2.24, 2.45) is 0 Å². The van der Waals surface area contributed by atoms with Crippen LogP contribution >= 0.6 is 15.9 Å². The summed E-state index contributed by atoms with van der Waals surface area (Å²) >= 11 is 3.38. The van der Waals surface area contributed by atoms with Crippen LogP contribution in [0.5, 0.6) is 0 Å². The van der Waals surface area contributed by atoms with Gasteiger partial charge in [0.25, 0.3) is 5.91 Å². The van der Waals surface area contributed by atoms with Gasteiger partial charge in [0.2, 0.25) is 0 Å². The number of hydrogen-bond acceptors (Lipinski definition) is 3. The lowest BCUT2D eigenvalue weighted by atomic mass is 9.91. The monoisotopic (exact) mass is 286 g/mol. The summed E-state index contributed by atoms with van der Waals surface area (Å²) in [6.45, 7) is 2.53. The maximum Gasteiger partial charge on any atom is 0.276 e. The molecule has 0 aromatic carbocycles. The summed E-state index contributed by atoms with van der Waals surface area (Å²) in [5.74, 6) is 0.664. The first-order chi connectivity index (χ1) is 7.72. The highest BCUT2D eigenvalue weighted by molar-refractivity contribution is 9.09. The number of rotatable bonds is 4. The van der Waals surface area contributed by atoms with Crippen molar-refractivity contribution < 1.29 is 9.32 Å². The molecule has 0 spiro atoms. The van der Waals surface area contributed by atoms with E-state index in [0.29, 0.717) is 17.5 Å². The number of alkyl halides is 1. The Morgan fingerprint density at radius 3 is 2.88 bits per heavy atom. The van der Waals surface area contributed by atoms with E-state index in [9.17, 15) is 4.79 Å². The number of aryl methyl sites for hydroxylation is 1. The van der Waals surface area contributed by atoms with E-state index in [1.165, 1.54) is 6.42 Å². The Morgan fingerprint density at radius 1 is 1.69 bits per heavy atom. The lowest BCUT2D eigenvalue weighted by molar-refractivity contribution is 0.0589. The molecule has 1 saturated carbocycles. The molecule has 0 N–H and O–H groups in total. The molecule has 16 heavy (non-hydrogen) atoms. The number of aromatic nitrogens is 1. The standard InChI is InChI=1S/C11H15BrN2O2/c1-8-7-10(13-16-8)11(15)14(6-5-12)9-3-2-4-9/h7,9H,2-6H2,1H3. The second-order valence-corrected chi connectivity index (χ2v) is 4.89. The van der Waals surface area contributed by atoms with Gasteiger partial charge in [-0.05, 0) is 26.2 Å². The lowest BCUT2D eigenvalue weighted by Gasteiger charge is -2.36. The minimum absolute atomic E-state index is 0.0130. The van der Waals surface area contributed by atoms with Crippen molar-refractivity contribution in [1.82, 2.24) is 10.1 Å². The number of amides is 1. The molecule has 1 heterocycles. The number of carbonyl (C=O) groups excluding carboxylic acids is 1. The number of halogens is 1. The van der Waals surface area contributed by atoms with Crippen LogP contribution < -0.4 is 0 Å². The van der Waals surface area contributed by atoms with Crippen LogP contribution in [0.25, 0.3) is 0 Å². The van der Waals surface area contributed by atoms with Crippen LogP contribution in [0.15, 0.2) is 10.6 Å². The van der Waals surface area contributed by atoms with Crippen molar-refractivity contribution in [1.29, 1.82) is 0 Å². The van der Waals surface area contributed by atoms with Crippen LogP contribution in [-0.4, -0.2) is 33.9 Å². The Morgan fingerprint density at radius 2 is 2.44 bits per heavy atom. The molecule has 5 heteroatoms. The highest BCUT2D eigenvalue weighted by Crippen LogP contribution is 2.26. The van der Waals surface area contributed by atoms with Gasteiger partial charge in [-0.3, -0.25) is 4.79 Å². The number of nitrogens with zero attached hydrogens (tertiary/aromatic N) is 2. The van der Waals surface area contributed by atoms with Crippen molar-refractivity contribution in [3.8, 4) is 0 Å². The average molecular weight is 287 g/mol. The van der Waals surface area contributed by atoms with Crippen molar-refractivity contribution >= 4 is 21.8 Å². The summed E-state index contributed by atoms with van der Waals surface area (Å²) in [6.07, 6.45) is 3.43. The topological polar surface area (TPSA) is 46.3 Å². The molecule has 1 aliphatic carbocycles.